The maximum Gasteiger partial charge on any atom is 0.237 e. The first-order chi connectivity index (χ1) is 6.12. The molecule has 0 aromatic heterocycles. The van der Waals surface area contributed by atoms with Crippen LogP contribution in [-0.2, 0) is 4.79 Å². The Morgan fingerprint density at radius 1 is 1.31 bits per heavy atom. The largest absolute Gasteiger partial charge is 0.368 e. The second-order valence-corrected chi connectivity index (χ2v) is 4.29. The monoisotopic (exact) mass is 183 g/mol. The summed E-state index contributed by atoms with van der Waals surface area (Å²) in [6, 6.07) is 0.775. The number of carbonyl (C=O) groups excluding carboxylic acids is 1. The Morgan fingerprint density at radius 3 is 2.23 bits per heavy atom. The molecule has 1 saturated heterocycles. The Labute approximate surface area is 78.2 Å². The van der Waals surface area contributed by atoms with Crippen LogP contribution in [0.4, 0.5) is 0 Å². The Morgan fingerprint density at radius 2 is 1.85 bits per heavy atom. The number of nitrogens with two attached hydrogens (primary N) is 2. The van der Waals surface area contributed by atoms with Gasteiger partial charge in [0, 0.05) is 19.1 Å². The van der Waals surface area contributed by atoms with E-state index in [2.05, 4.69) is 4.90 Å². The molecule has 74 valence electrons. The summed E-state index contributed by atoms with van der Waals surface area (Å²) in [5.41, 5.74) is 10.4. The summed E-state index contributed by atoms with van der Waals surface area (Å²) < 4.78 is 0. The van der Waals surface area contributed by atoms with Crippen molar-refractivity contribution >= 4 is 5.91 Å². The predicted octanol–water partition coefficient (Wildman–Crippen LogP) is -0.573. The molecule has 0 spiro atoms. The van der Waals surface area contributed by atoms with E-state index in [0.717, 1.165) is 32.0 Å². The molecule has 0 unspecified atom stereocenters. The van der Waals surface area contributed by atoms with Gasteiger partial charge in [0.15, 0.2) is 0 Å². The fourth-order valence-electron chi connectivity index (χ4n) is 1.97. The lowest BCUT2D eigenvalue weighted by Crippen LogP contribution is -2.58. The summed E-state index contributed by atoms with van der Waals surface area (Å²) in [5.74, 6) is -0.344. The van der Waals surface area contributed by atoms with Crippen LogP contribution in [-0.4, -0.2) is 35.5 Å². The van der Waals surface area contributed by atoms with Gasteiger partial charge in [-0.15, -0.1) is 0 Å². The van der Waals surface area contributed by atoms with E-state index in [1.54, 1.807) is 0 Å². The van der Waals surface area contributed by atoms with Gasteiger partial charge in [-0.2, -0.15) is 0 Å². The molecule has 2 rings (SSSR count). The number of primary amides is 1. The molecule has 0 bridgehead atoms. The van der Waals surface area contributed by atoms with Crippen LogP contribution in [0.25, 0.3) is 0 Å². The highest BCUT2D eigenvalue weighted by molar-refractivity contribution is 5.84. The molecular weight excluding hydrogens is 166 g/mol. The van der Waals surface area contributed by atoms with Crippen LogP contribution in [0.1, 0.15) is 25.7 Å². The van der Waals surface area contributed by atoms with Crippen LogP contribution in [0.15, 0.2) is 0 Å². The summed E-state index contributed by atoms with van der Waals surface area (Å²) in [6.07, 6.45) is 4.07. The van der Waals surface area contributed by atoms with Crippen LogP contribution in [0, 0.1) is 0 Å². The minimum absolute atomic E-state index is 0.344. The lowest BCUT2D eigenvalue weighted by molar-refractivity contribution is -0.124. The third kappa shape index (κ3) is 1.69. The van der Waals surface area contributed by atoms with Crippen molar-refractivity contribution in [2.45, 2.75) is 37.3 Å². The molecule has 0 aromatic rings. The molecule has 4 nitrogen and oxygen atoms in total. The number of likely N-dealkylation sites (tertiary alicyclic amines) is 1. The molecule has 1 aliphatic heterocycles. The van der Waals surface area contributed by atoms with Crippen LogP contribution < -0.4 is 11.5 Å². The molecule has 0 radical (unpaired) electrons. The average molecular weight is 183 g/mol. The zero-order chi connectivity index (χ0) is 9.47. The number of rotatable bonds is 2. The van der Waals surface area contributed by atoms with Crippen molar-refractivity contribution in [2.24, 2.45) is 11.5 Å². The van der Waals surface area contributed by atoms with Crippen LogP contribution >= 0.6 is 0 Å². The lowest BCUT2D eigenvalue weighted by atomic mass is 9.88. The van der Waals surface area contributed by atoms with E-state index in [9.17, 15) is 4.79 Å². The van der Waals surface area contributed by atoms with Crippen molar-refractivity contribution in [3.05, 3.63) is 0 Å². The summed E-state index contributed by atoms with van der Waals surface area (Å²) in [4.78, 5) is 13.5. The smallest absolute Gasteiger partial charge is 0.237 e. The Balaban J connectivity index is 1.90. The van der Waals surface area contributed by atoms with E-state index in [1.807, 2.05) is 0 Å². The standard InChI is InChI=1S/C9H17N3O/c10-8(13)9(11)3-5-12(6-4-9)7-1-2-7/h7H,1-6,11H2,(H2,10,13). The molecule has 4 N–H and O–H groups in total. The first-order valence-electron chi connectivity index (χ1n) is 4.95. The number of piperidine rings is 1. The van der Waals surface area contributed by atoms with E-state index >= 15 is 0 Å². The molecule has 1 aliphatic carbocycles. The molecule has 2 aliphatic rings. The number of hydrogen-bond donors (Lipinski definition) is 2. The summed E-state index contributed by atoms with van der Waals surface area (Å²) in [5, 5.41) is 0. The highest BCUT2D eigenvalue weighted by Crippen LogP contribution is 2.31. The van der Waals surface area contributed by atoms with Gasteiger partial charge in [0.05, 0.1) is 5.54 Å². The van der Waals surface area contributed by atoms with Gasteiger partial charge in [0.2, 0.25) is 5.91 Å². The third-order valence-electron chi connectivity index (χ3n) is 3.24. The topological polar surface area (TPSA) is 72.3 Å². The molecule has 2 fully saturated rings. The molecule has 4 heteroatoms. The van der Waals surface area contributed by atoms with E-state index in [4.69, 9.17) is 11.5 Å². The molecule has 1 heterocycles. The van der Waals surface area contributed by atoms with Gasteiger partial charge >= 0.3 is 0 Å². The highest BCUT2D eigenvalue weighted by atomic mass is 16.1. The molecule has 0 aromatic carbocycles. The summed E-state index contributed by atoms with van der Waals surface area (Å²) in [7, 11) is 0. The predicted molar refractivity (Wildman–Crippen MR) is 49.9 cm³/mol. The van der Waals surface area contributed by atoms with Gasteiger partial charge in [0.25, 0.3) is 0 Å². The number of hydrogen-bond acceptors (Lipinski definition) is 3. The summed E-state index contributed by atoms with van der Waals surface area (Å²) in [6.45, 7) is 1.87. The molecule has 1 amide bonds. The molecule has 1 saturated carbocycles. The van der Waals surface area contributed by atoms with E-state index in [-0.39, 0.29) is 5.91 Å². The van der Waals surface area contributed by atoms with Gasteiger partial charge in [-0.3, -0.25) is 4.79 Å². The molecule has 0 atom stereocenters. The minimum atomic E-state index is -0.731. The number of carbonyl (C=O) groups is 1. The Hall–Kier alpha value is -0.610. The normalized spacial score (nSPS) is 28.7. The Kier molecular flexibility index (Phi) is 2.04. The van der Waals surface area contributed by atoms with E-state index in [0.29, 0.717) is 0 Å². The maximum absolute atomic E-state index is 11.0. The second-order valence-electron chi connectivity index (χ2n) is 4.29. The van der Waals surface area contributed by atoms with Gasteiger partial charge in [-0.05, 0) is 25.7 Å². The lowest BCUT2D eigenvalue weighted by Gasteiger charge is -2.37. The quantitative estimate of drug-likeness (QED) is 0.602. The van der Waals surface area contributed by atoms with Gasteiger partial charge in [-0.25, -0.2) is 0 Å². The Bertz CT molecular complexity index is 217. The van der Waals surface area contributed by atoms with Gasteiger partial charge < -0.3 is 16.4 Å². The number of nitrogens with zero attached hydrogens (tertiary/aromatic N) is 1. The van der Waals surface area contributed by atoms with Crippen LogP contribution in [0.3, 0.4) is 0 Å². The van der Waals surface area contributed by atoms with Crippen molar-refractivity contribution in [3.63, 3.8) is 0 Å². The van der Waals surface area contributed by atoms with Gasteiger partial charge in [-0.1, -0.05) is 0 Å². The van der Waals surface area contributed by atoms with Crippen LogP contribution in [0.2, 0.25) is 0 Å². The van der Waals surface area contributed by atoms with Crippen molar-refractivity contribution in [1.29, 1.82) is 0 Å². The minimum Gasteiger partial charge on any atom is -0.368 e. The SMILES string of the molecule is NC(=O)C1(N)CCN(C2CC2)CC1. The third-order valence-corrected chi connectivity index (χ3v) is 3.24. The van der Waals surface area contributed by atoms with E-state index < -0.39 is 5.54 Å². The van der Waals surface area contributed by atoms with E-state index in [1.165, 1.54) is 12.8 Å². The zero-order valence-corrected chi connectivity index (χ0v) is 7.83. The highest BCUT2D eigenvalue weighted by Gasteiger charge is 2.39. The molecule has 13 heavy (non-hydrogen) atoms. The summed E-state index contributed by atoms with van der Waals surface area (Å²) >= 11 is 0. The van der Waals surface area contributed by atoms with Crippen molar-refractivity contribution in [1.82, 2.24) is 4.90 Å². The average Bonchev–Trinajstić information content (AvgIpc) is 2.88. The van der Waals surface area contributed by atoms with Crippen LogP contribution in [0.5, 0.6) is 0 Å². The number of amides is 1. The van der Waals surface area contributed by atoms with Crippen molar-refractivity contribution in [3.8, 4) is 0 Å². The van der Waals surface area contributed by atoms with Crippen molar-refractivity contribution < 1.29 is 4.79 Å². The van der Waals surface area contributed by atoms with Gasteiger partial charge in [0.1, 0.15) is 0 Å². The van der Waals surface area contributed by atoms with Crippen molar-refractivity contribution in [2.75, 3.05) is 13.1 Å². The fraction of sp³-hybridized carbons (Fsp3) is 0.889. The maximum atomic E-state index is 11.0. The molecular formula is C9H17N3O. The second kappa shape index (κ2) is 2.96. The first kappa shape index (κ1) is 8.97. The fourth-order valence-corrected chi connectivity index (χ4v) is 1.97. The zero-order valence-electron chi connectivity index (χ0n) is 7.83. The first-order valence-corrected chi connectivity index (χ1v) is 4.95.